The Bertz CT molecular complexity index is 415. The number of carbonyl (C=O) groups excluding carboxylic acids is 2. The van der Waals surface area contributed by atoms with Gasteiger partial charge in [0, 0.05) is 19.2 Å². The lowest BCUT2D eigenvalue weighted by molar-refractivity contribution is -0.124. The first kappa shape index (κ1) is 9.71. The summed E-state index contributed by atoms with van der Waals surface area (Å²) in [6, 6.07) is 7.45. The van der Waals surface area contributed by atoms with E-state index in [0.29, 0.717) is 0 Å². The zero-order chi connectivity index (χ0) is 10.8. The molecule has 15 heavy (non-hydrogen) atoms. The molecule has 1 aromatic rings. The molecule has 1 atom stereocenters. The highest BCUT2D eigenvalue weighted by molar-refractivity contribution is 6.04. The molecule has 0 bridgehead atoms. The normalized spacial score (nSPS) is 18.2. The Kier molecular flexibility index (Phi) is 2.41. The Balaban J connectivity index is 2.26. The Morgan fingerprint density at radius 3 is 2.93 bits per heavy atom. The summed E-state index contributed by atoms with van der Waals surface area (Å²) in [6.07, 6.45) is 0.208. The van der Waals surface area contributed by atoms with E-state index in [9.17, 15) is 9.59 Å². The van der Waals surface area contributed by atoms with Gasteiger partial charge in [0.25, 0.3) is 0 Å². The molecular formula is C11H12N2O2. The highest BCUT2D eigenvalue weighted by Gasteiger charge is 2.31. The first-order chi connectivity index (χ1) is 7.22. The third kappa shape index (κ3) is 1.70. The van der Waals surface area contributed by atoms with Crippen molar-refractivity contribution < 1.29 is 9.59 Å². The van der Waals surface area contributed by atoms with Crippen LogP contribution in [0.5, 0.6) is 0 Å². The van der Waals surface area contributed by atoms with Gasteiger partial charge in [-0.15, -0.1) is 0 Å². The Hall–Kier alpha value is -1.84. The van der Waals surface area contributed by atoms with Gasteiger partial charge >= 0.3 is 0 Å². The summed E-state index contributed by atoms with van der Waals surface area (Å²) in [5.74, 6) is -0.562. The molecule has 2 rings (SSSR count). The molecule has 1 heterocycles. The number of amides is 2. The van der Waals surface area contributed by atoms with Crippen LogP contribution in [0, 0.1) is 0 Å². The topological polar surface area (TPSA) is 58.2 Å². The lowest BCUT2D eigenvalue weighted by atomic mass is 9.97. The van der Waals surface area contributed by atoms with E-state index in [0.717, 1.165) is 11.3 Å². The predicted octanol–water partition coefficient (Wildman–Crippen LogP) is 0.858. The van der Waals surface area contributed by atoms with Crippen LogP contribution < -0.4 is 10.6 Å². The van der Waals surface area contributed by atoms with Gasteiger partial charge in [0.2, 0.25) is 11.8 Å². The fraction of sp³-hybridized carbons (Fsp3) is 0.273. The smallest absolute Gasteiger partial charge is 0.232 e. The van der Waals surface area contributed by atoms with Crippen molar-refractivity contribution in [2.75, 3.05) is 12.4 Å². The maximum atomic E-state index is 11.6. The minimum atomic E-state index is -0.346. The second-order valence-electron chi connectivity index (χ2n) is 3.51. The van der Waals surface area contributed by atoms with Gasteiger partial charge in [-0.2, -0.15) is 0 Å². The van der Waals surface area contributed by atoms with E-state index < -0.39 is 0 Å². The van der Waals surface area contributed by atoms with E-state index in [1.54, 1.807) is 7.05 Å². The number of rotatable bonds is 2. The van der Waals surface area contributed by atoms with Crippen molar-refractivity contribution >= 4 is 17.5 Å². The average molecular weight is 204 g/mol. The van der Waals surface area contributed by atoms with E-state index in [4.69, 9.17) is 0 Å². The lowest BCUT2D eigenvalue weighted by Crippen LogP contribution is -2.23. The molecule has 4 heteroatoms. The number of carbonyl (C=O) groups is 2. The van der Waals surface area contributed by atoms with E-state index in [-0.39, 0.29) is 24.2 Å². The van der Waals surface area contributed by atoms with Crippen LogP contribution in [0.2, 0.25) is 0 Å². The van der Waals surface area contributed by atoms with Crippen molar-refractivity contribution in [2.45, 2.75) is 12.3 Å². The molecule has 2 amide bonds. The molecule has 2 N–H and O–H groups in total. The van der Waals surface area contributed by atoms with Crippen molar-refractivity contribution in [3.63, 3.8) is 0 Å². The SMILES string of the molecule is CNC(=O)CC1C(=O)Nc2ccccc21. The number of hydrogen-bond acceptors (Lipinski definition) is 2. The molecule has 0 spiro atoms. The Morgan fingerprint density at radius 2 is 2.20 bits per heavy atom. The monoisotopic (exact) mass is 204 g/mol. The van der Waals surface area contributed by atoms with Crippen LogP contribution in [-0.2, 0) is 9.59 Å². The van der Waals surface area contributed by atoms with E-state index >= 15 is 0 Å². The number of anilines is 1. The van der Waals surface area contributed by atoms with Crippen LogP contribution in [0.1, 0.15) is 17.9 Å². The van der Waals surface area contributed by atoms with Crippen LogP contribution in [-0.4, -0.2) is 18.9 Å². The highest BCUT2D eigenvalue weighted by Crippen LogP contribution is 2.33. The lowest BCUT2D eigenvalue weighted by Gasteiger charge is -2.06. The number of para-hydroxylation sites is 1. The standard InChI is InChI=1S/C11H12N2O2/c1-12-10(14)6-8-7-4-2-3-5-9(7)13-11(8)15/h2-5,8H,6H2,1H3,(H,12,14)(H,13,15). The van der Waals surface area contributed by atoms with Crippen molar-refractivity contribution in [1.82, 2.24) is 5.32 Å². The molecule has 0 saturated carbocycles. The third-order valence-corrected chi connectivity index (χ3v) is 2.58. The van der Waals surface area contributed by atoms with Crippen LogP contribution in [0.25, 0.3) is 0 Å². The minimum Gasteiger partial charge on any atom is -0.359 e. The van der Waals surface area contributed by atoms with Crippen LogP contribution in [0.3, 0.4) is 0 Å². The first-order valence-electron chi connectivity index (χ1n) is 4.82. The average Bonchev–Trinajstić information content (AvgIpc) is 2.55. The van der Waals surface area contributed by atoms with E-state index in [1.165, 1.54) is 0 Å². The largest absolute Gasteiger partial charge is 0.359 e. The van der Waals surface area contributed by atoms with Gasteiger partial charge in [0.15, 0.2) is 0 Å². The van der Waals surface area contributed by atoms with Crippen LogP contribution in [0.15, 0.2) is 24.3 Å². The molecule has 1 unspecified atom stereocenters. The molecule has 1 aliphatic rings. The zero-order valence-electron chi connectivity index (χ0n) is 8.41. The molecular weight excluding hydrogens is 192 g/mol. The molecule has 1 aliphatic heterocycles. The van der Waals surface area contributed by atoms with Crippen molar-refractivity contribution in [3.8, 4) is 0 Å². The molecule has 0 saturated heterocycles. The zero-order valence-corrected chi connectivity index (χ0v) is 8.41. The molecule has 78 valence electrons. The molecule has 4 nitrogen and oxygen atoms in total. The van der Waals surface area contributed by atoms with Gasteiger partial charge in [0.05, 0.1) is 5.92 Å². The molecule has 0 fully saturated rings. The Labute approximate surface area is 87.7 Å². The van der Waals surface area contributed by atoms with Crippen molar-refractivity contribution in [2.24, 2.45) is 0 Å². The summed E-state index contributed by atoms with van der Waals surface area (Å²) < 4.78 is 0. The highest BCUT2D eigenvalue weighted by atomic mass is 16.2. The van der Waals surface area contributed by atoms with E-state index in [1.807, 2.05) is 24.3 Å². The van der Waals surface area contributed by atoms with Crippen molar-refractivity contribution in [1.29, 1.82) is 0 Å². The first-order valence-corrected chi connectivity index (χ1v) is 4.82. The number of hydrogen-bond donors (Lipinski definition) is 2. The quantitative estimate of drug-likeness (QED) is 0.750. The summed E-state index contributed by atoms with van der Waals surface area (Å²) in [4.78, 5) is 22.8. The number of nitrogens with one attached hydrogen (secondary N) is 2. The number of benzene rings is 1. The fourth-order valence-corrected chi connectivity index (χ4v) is 1.77. The van der Waals surface area contributed by atoms with E-state index in [2.05, 4.69) is 10.6 Å². The predicted molar refractivity (Wildman–Crippen MR) is 56.5 cm³/mol. The third-order valence-electron chi connectivity index (χ3n) is 2.58. The second-order valence-corrected chi connectivity index (χ2v) is 3.51. The van der Waals surface area contributed by atoms with Gasteiger partial charge in [-0.05, 0) is 11.6 Å². The number of fused-ring (bicyclic) bond motifs is 1. The molecule has 0 aromatic heterocycles. The minimum absolute atomic E-state index is 0.0974. The van der Waals surface area contributed by atoms with Gasteiger partial charge in [-0.1, -0.05) is 18.2 Å². The van der Waals surface area contributed by atoms with Gasteiger partial charge in [-0.25, -0.2) is 0 Å². The summed E-state index contributed by atoms with van der Waals surface area (Å²) in [7, 11) is 1.57. The molecule has 0 radical (unpaired) electrons. The molecule has 1 aromatic carbocycles. The van der Waals surface area contributed by atoms with Crippen molar-refractivity contribution in [3.05, 3.63) is 29.8 Å². The van der Waals surface area contributed by atoms with Crippen LogP contribution >= 0.6 is 0 Å². The van der Waals surface area contributed by atoms with Gasteiger partial charge in [0.1, 0.15) is 0 Å². The summed E-state index contributed by atoms with van der Waals surface area (Å²) in [5.41, 5.74) is 1.72. The maximum absolute atomic E-state index is 11.6. The summed E-state index contributed by atoms with van der Waals surface area (Å²) in [6.45, 7) is 0. The van der Waals surface area contributed by atoms with Crippen LogP contribution in [0.4, 0.5) is 5.69 Å². The molecule has 0 aliphatic carbocycles. The summed E-state index contributed by atoms with van der Waals surface area (Å²) >= 11 is 0. The van der Waals surface area contributed by atoms with Gasteiger partial charge < -0.3 is 10.6 Å². The van der Waals surface area contributed by atoms with Gasteiger partial charge in [-0.3, -0.25) is 9.59 Å². The maximum Gasteiger partial charge on any atom is 0.232 e. The second kappa shape index (κ2) is 3.73. The Morgan fingerprint density at radius 1 is 1.47 bits per heavy atom. The summed E-state index contributed by atoms with van der Waals surface area (Å²) in [5, 5.41) is 5.28. The fourth-order valence-electron chi connectivity index (χ4n) is 1.77.